The predicted octanol–water partition coefficient (Wildman–Crippen LogP) is 3.71. The highest BCUT2D eigenvalue weighted by Gasteiger charge is 2.03. The van der Waals surface area contributed by atoms with Crippen molar-refractivity contribution in [3.8, 4) is 5.88 Å². The Bertz CT molecular complexity index is 324. The molecule has 0 bridgehead atoms. The molecule has 0 aliphatic carbocycles. The van der Waals surface area contributed by atoms with E-state index in [-0.39, 0.29) is 0 Å². The number of hydrogen-bond acceptors (Lipinski definition) is 3. The van der Waals surface area contributed by atoms with Crippen molar-refractivity contribution >= 4 is 0 Å². The summed E-state index contributed by atoms with van der Waals surface area (Å²) in [5.41, 5.74) is 2.42. The first-order chi connectivity index (χ1) is 9.30. The Balaban J connectivity index is 2.66. The van der Waals surface area contributed by atoms with E-state index in [2.05, 4.69) is 43.2 Å². The predicted molar refractivity (Wildman–Crippen MR) is 80.6 cm³/mol. The first-order valence-electron chi connectivity index (χ1n) is 7.63. The molecule has 3 heteroatoms. The lowest BCUT2D eigenvalue weighted by atomic mass is 10.1. The Morgan fingerprint density at radius 2 is 1.95 bits per heavy atom. The fourth-order valence-corrected chi connectivity index (χ4v) is 1.91. The fraction of sp³-hybridized carbons (Fsp3) is 0.688. The van der Waals surface area contributed by atoms with Gasteiger partial charge >= 0.3 is 0 Å². The number of aromatic nitrogens is 1. The largest absolute Gasteiger partial charge is 0.478 e. The Morgan fingerprint density at radius 3 is 2.63 bits per heavy atom. The van der Waals surface area contributed by atoms with Crippen LogP contribution in [0.3, 0.4) is 0 Å². The summed E-state index contributed by atoms with van der Waals surface area (Å²) in [4.78, 5) is 4.57. The molecule has 0 amide bonds. The lowest BCUT2D eigenvalue weighted by molar-refractivity contribution is 0.296. The number of unbranched alkanes of at least 4 members (excludes halogenated alkanes) is 1. The van der Waals surface area contributed by atoms with Gasteiger partial charge in [0.25, 0.3) is 0 Å². The maximum Gasteiger partial charge on any atom is 0.213 e. The Morgan fingerprint density at radius 1 is 1.11 bits per heavy atom. The zero-order valence-electron chi connectivity index (χ0n) is 12.7. The molecule has 0 atom stereocenters. The van der Waals surface area contributed by atoms with E-state index in [0.29, 0.717) is 0 Å². The normalized spacial score (nSPS) is 10.7. The van der Waals surface area contributed by atoms with E-state index in [4.69, 9.17) is 4.74 Å². The summed E-state index contributed by atoms with van der Waals surface area (Å²) in [5.74, 6) is 0.785. The van der Waals surface area contributed by atoms with Gasteiger partial charge in [-0.2, -0.15) is 0 Å². The Kier molecular flexibility index (Phi) is 8.23. The summed E-state index contributed by atoms with van der Waals surface area (Å²) in [6.45, 7) is 9.25. The van der Waals surface area contributed by atoms with E-state index >= 15 is 0 Å². The van der Waals surface area contributed by atoms with E-state index in [9.17, 15) is 0 Å². The van der Waals surface area contributed by atoms with Gasteiger partial charge in [0.05, 0.1) is 6.61 Å². The highest BCUT2D eigenvalue weighted by atomic mass is 16.5. The van der Waals surface area contributed by atoms with Gasteiger partial charge in [-0.25, -0.2) is 4.98 Å². The minimum Gasteiger partial charge on any atom is -0.478 e. The molecular weight excluding hydrogens is 236 g/mol. The van der Waals surface area contributed by atoms with Gasteiger partial charge in [0.1, 0.15) is 0 Å². The first kappa shape index (κ1) is 16.0. The smallest absolute Gasteiger partial charge is 0.213 e. The molecule has 0 unspecified atom stereocenters. The van der Waals surface area contributed by atoms with Gasteiger partial charge in [0.2, 0.25) is 5.88 Å². The van der Waals surface area contributed by atoms with Crippen LogP contribution in [0.5, 0.6) is 5.88 Å². The highest BCUT2D eigenvalue weighted by molar-refractivity contribution is 5.25. The maximum absolute atomic E-state index is 5.74. The molecule has 3 nitrogen and oxygen atoms in total. The summed E-state index contributed by atoms with van der Waals surface area (Å²) in [6.07, 6.45) is 5.54. The number of hydrogen-bond donors (Lipinski definition) is 1. The van der Waals surface area contributed by atoms with Crippen LogP contribution in [0, 0.1) is 0 Å². The summed E-state index contributed by atoms with van der Waals surface area (Å²) < 4.78 is 5.74. The number of nitrogens with one attached hydrogen (secondary N) is 1. The number of ether oxygens (including phenoxy) is 1. The molecule has 0 aromatic carbocycles. The van der Waals surface area contributed by atoms with E-state index in [0.717, 1.165) is 63.4 Å². The van der Waals surface area contributed by atoms with Crippen LogP contribution in [0.2, 0.25) is 0 Å². The number of rotatable bonds is 10. The third-order valence-corrected chi connectivity index (χ3v) is 2.92. The maximum atomic E-state index is 5.74. The van der Waals surface area contributed by atoms with Crippen molar-refractivity contribution in [3.63, 3.8) is 0 Å². The average Bonchev–Trinajstić information content (AvgIpc) is 2.40. The Labute approximate surface area is 117 Å². The third-order valence-electron chi connectivity index (χ3n) is 2.92. The van der Waals surface area contributed by atoms with Crippen LogP contribution in [-0.4, -0.2) is 18.1 Å². The minimum atomic E-state index is 0.765. The van der Waals surface area contributed by atoms with Gasteiger partial charge in [0, 0.05) is 18.3 Å². The molecule has 1 aromatic heterocycles. The molecule has 1 rings (SSSR count). The molecule has 0 aliphatic heterocycles. The van der Waals surface area contributed by atoms with Gasteiger partial charge in [0.15, 0.2) is 0 Å². The van der Waals surface area contributed by atoms with E-state index < -0.39 is 0 Å². The molecule has 1 N–H and O–H groups in total. The fourth-order valence-electron chi connectivity index (χ4n) is 1.91. The molecule has 1 aromatic rings. The van der Waals surface area contributed by atoms with E-state index in [1.54, 1.807) is 0 Å². The van der Waals surface area contributed by atoms with Crippen molar-refractivity contribution < 1.29 is 4.74 Å². The molecule has 0 radical (unpaired) electrons. The zero-order valence-corrected chi connectivity index (χ0v) is 12.7. The summed E-state index contributed by atoms with van der Waals surface area (Å²) in [7, 11) is 0. The molecule has 108 valence electrons. The van der Waals surface area contributed by atoms with Crippen molar-refractivity contribution in [3.05, 3.63) is 23.4 Å². The van der Waals surface area contributed by atoms with Crippen molar-refractivity contribution in [2.75, 3.05) is 13.2 Å². The van der Waals surface area contributed by atoms with Crippen molar-refractivity contribution in [2.24, 2.45) is 0 Å². The standard InChI is InChI=1S/C16H28N2O/c1-4-7-10-19-16-12-14(13-17-9-6-3)11-15(18-16)8-5-2/h11-12,17H,4-10,13H2,1-3H3. The number of aryl methyl sites for hydroxylation is 1. The lowest BCUT2D eigenvalue weighted by Gasteiger charge is -2.10. The second-order valence-electron chi connectivity index (χ2n) is 4.93. The van der Waals surface area contributed by atoms with Crippen LogP contribution in [0.1, 0.15) is 57.7 Å². The summed E-state index contributed by atoms with van der Waals surface area (Å²) in [6, 6.07) is 4.26. The average molecular weight is 264 g/mol. The highest BCUT2D eigenvalue weighted by Crippen LogP contribution is 2.14. The van der Waals surface area contributed by atoms with Crippen molar-refractivity contribution in [2.45, 2.75) is 59.4 Å². The molecular formula is C16H28N2O. The second-order valence-corrected chi connectivity index (χ2v) is 4.93. The van der Waals surface area contributed by atoms with Crippen LogP contribution in [-0.2, 0) is 13.0 Å². The summed E-state index contributed by atoms with van der Waals surface area (Å²) >= 11 is 0. The number of pyridine rings is 1. The van der Waals surface area contributed by atoms with Crippen LogP contribution < -0.4 is 10.1 Å². The molecule has 0 spiro atoms. The van der Waals surface area contributed by atoms with Crippen LogP contribution >= 0.6 is 0 Å². The molecule has 0 fully saturated rings. The van der Waals surface area contributed by atoms with E-state index in [1.165, 1.54) is 5.56 Å². The summed E-state index contributed by atoms with van der Waals surface area (Å²) in [5, 5.41) is 3.43. The molecule has 19 heavy (non-hydrogen) atoms. The van der Waals surface area contributed by atoms with Crippen molar-refractivity contribution in [1.29, 1.82) is 0 Å². The zero-order chi connectivity index (χ0) is 13.9. The molecule has 0 aliphatic rings. The third kappa shape index (κ3) is 6.58. The van der Waals surface area contributed by atoms with Crippen molar-refractivity contribution in [1.82, 2.24) is 10.3 Å². The first-order valence-corrected chi connectivity index (χ1v) is 7.63. The number of nitrogens with zero attached hydrogens (tertiary/aromatic N) is 1. The monoisotopic (exact) mass is 264 g/mol. The molecule has 0 saturated carbocycles. The van der Waals surface area contributed by atoms with Gasteiger partial charge in [-0.05, 0) is 37.4 Å². The molecule has 1 heterocycles. The van der Waals surface area contributed by atoms with E-state index in [1.807, 2.05) is 0 Å². The second kappa shape index (κ2) is 9.79. The van der Waals surface area contributed by atoms with Crippen LogP contribution in [0.15, 0.2) is 12.1 Å². The van der Waals surface area contributed by atoms with Gasteiger partial charge in [-0.15, -0.1) is 0 Å². The minimum absolute atomic E-state index is 0.765. The quantitative estimate of drug-likeness (QED) is 0.654. The topological polar surface area (TPSA) is 34.1 Å². The van der Waals surface area contributed by atoms with Gasteiger partial charge in [-0.1, -0.05) is 33.6 Å². The van der Waals surface area contributed by atoms with Crippen LogP contribution in [0.25, 0.3) is 0 Å². The Hall–Kier alpha value is -1.09. The molecule has 0 saturated heterocycles. The van der Waals surface area contributed by atoms with Gasteiger partial charge < -0.3 is 10.1 Å². The lowest BCUT2D eigenvalue weighted by Crippen LogP contribution is -2.14. The SMILES string of the molecule is CCCCOc1cc(CNCCC)cc(CCC)n1. The van der Waals surface area contributed by atoms with Crippen LogP contribution in [0.4, 0.5) is 0 Å². The van der Waals surface area contributed by atoms with Gasteiger partial charge in [-0.3, -0.25) is 0 Å².